The molecule has 98 valence electrons. The van der Waals surface area contributed by atoms with E-state index in [-0.39, 0.29) is 0 Å². The molecule has 3 rings (SSSR count). The molecule has 3 aromatic rings. The van der Waals surface area contributed by atoms with Crippen LogP contribution in [-0.2, 0) is 12.2 Å². The van der Waals surface area contributed by atoms with Crippen LogP contribution in [0.25, 0.3) is 0 Å². The van der Waals surface area contributed by atoms with Gasteiger partial charge in [-0.15, -0.1) is 21.5 Å². The van der Waals surface area contributed by atoms with E-state index in [0.717, 1.165) is 11.5 Å². The minimum atomic E-state index is 0.556. The summed E-state index contributed by atoms with van der Waals surface area (Å²) in [4.78, 5) is 1.21. The normalized spacial score (nSPS) is 11.0. The summed E-state index contributed by atoms with van der Waals surface area (Å²) in [6.07, 6.45) is 0.687. The van der Waals surface area contributed by atoms with E-state index in [2.05, 4.69) is 21.4 Å². The van der Waals surface area contributed by atoms with Crippen molar-refractivity contribution in [1.82, 2.24) is 15.4 Å². The largest absolute Gasteiger partial charge is 0.416 e. The predicted octanol–water partition coefficient (Wildman–Crippen LogP) is 3.31. The fourth-order valence-electron chi connectivity index (χ4n) is 1.55. The molecule has 0 bridgehead atoms. The molecule has 0 aliphatic heterocycles. The van der Waals surface area contributed by atoms with Crippen molar-refractivity contribution in [2.75, 3.05) is 0 Å². The third kappa shape index (κ3) is 3.24. The van der Waals surface area contributed by atoms with Crippen molar-refractivity contribution in [2.45, 2.75) is 24.3 Å². The highest BCUT2D eigenvalue weighted by molar-refractivity contribution is 7.98. The third-order valence-corrected chi connectivity index (χ3v) is 4.09. The van der Waals surface area contributed by atoms with Crippen molar-refractivity contribution in [3.05, 3.63) is 45.8 Å². The van der Waals surface area contributed by atoms with E-state index in [9.17, 15) is 0 Å². The highest BCUT2D eigenvalue weighted by Gasteiger charge is 2.10. The van der Waals surface area contributed by atoms with Crippen molar-refractivity contribution in [3.63, 3.8) is 0 Å². The Bertz CT molecular complexity index is 646. The highest BCUT2D eigenvalue weighted by atomic mass is 32.2. The first-order valence-corrected chi connectivity index (χ1v) is 7.56. The summed E-state index contributed by atoms with van der Waals surface area (Å²) in [5, 5.41) is 14.5. The van der Waals surface area contributed by atoms with Crippen molar-refractivity contribution >= 4 is 23.1 Å². The van der Waals surface area contributed by atoms with Gasteiger partial charge in [0.25, 0.3) is 5.22 Å². The summed E-state index contributed by atoms with van der Waals surface area (Å²) in [5.74, 6) is 2.08. The van der Waals surface area contributed by atoms with Crippen LogP contribution >= 0.6 is 23.1 Å². The second-order valence-corrected chi connectivity index (χ2v) is 5.90. The molecule has 0 fully saturated rings. The Hall–Kier alpha value is -1.60. The summed E-state index contributed by atoms with van der Waals surface area (Å²) >= 11 is 3.13. The van der Waals surface area contributed by atoms with Crippen LogP contribution in [0.4, 0.5) is 0 Å². The van der Waals surface area contributed by atoms with Crippen LogP contribution in [0.5, 0.6) is 0 Å². The molecule has 0 radical (unpaired) electrons. The number of nitrogens with zero attached hydrogens (tertiary/aromatic N) is 3. The van der Waals surface area contributed by atoms with Gasteiger partial charge in [0.15, 0.2) is 0 Å². The molecule has 0 atom stereocenters. The smallest absolute Gasteiger partial charge is 0.277 e. The molecule has 0 amide bonds. The number of aromatic nitrogens is 3. The van der Waals surface area contributed by atoms with E-state index in [4.69, 9.17) is 8.94 Å². The van der Waals surface area contributed by atoms with E-state index >= 15 is 0 Å². The molecular formula is C12H11N3O2S2. The second kappa shape index (κ2) is 5.58. The van der Waals surface area contributed by atoms with E-state index in [1.807, 2.05) is 24.4 Å². The maximum Gasteiger partial charge on any atom is 0.277 e. The summed E-state index contributed by atoms with van der Waals surface area (Å²) in [5.41, 5.74) is 0.875. The summed E-state index contributed by atoms with van der Waals surface area (Å²) in [6.45, 7) is 1.89. The van der Waals surface area contributed by atoms with Crippen LogP contribution in [0.1, 0.15) is 22.2 Å². The van der Waals surface area contributed by atoms with E-state index in [0.29, 0.717) is 23.3 Å². The van der Waals surface area contributed by atoms with Crippen LogP contribution in [-0.4, -0.2) is 15.4 Å². The van der Waals surface area contributed by atoms with Crippen LogP contribution in [0.2, 0.25) is 0 Å². The molecule has 3 heterocycles. The Morgan fingerprint density at radius 2 is 2.32 bits per heavy atom. The zero-order chi connectivity index (χ0) is 13.1. The molecule has 0 spiro atoms. The number of rotatable bonds is 5. The van der Waals surface area contributed by atoms with Gasteiger partial charge in [-0.1, -0.05) is 23.0 Å². The van der Waals surface area contributed by atoms with E-state index in [1.54, 1.807) is 11.3 Å². The van der Waals surface area contributed by atoms with Gasteiger partial charge in [0.05, 0.1) is 17.9 Å². The monoisotopic (exact) mass is 293 g/mol. The van der Waals surface area contributed by atoms with Crippen LogP contribution in [0, 0.1) is 6.92 Å². The summed E-state index contributed by atoms with van der Waals surface area (Å²) < 4.78 is 10.7. The molecule has 19 heavy (non-hydrogen) atoms. The van der Waals surface area contributed by atoms with Crippen molar-refractivity contribution in [2.24, 2.45) is 0 Å². The van der Waals surface area contributed by atoms with Gasteiger partial charge in [-0.3, -0.25) is 0 Å². The third-order valence-electron chi connectivity index (χ3n) is 2.37. The molecule has 0 aliphatic rings. The van der Waals surface area contributed by atoms with Crippen LogP contribution in [0.15, 0.2) is 37.7 Å². The lowest BCUT2D eigenvalue weighted by atomic mass is 10.3. The molecule has 5 nitrogen and oxygen atoms in total. The maximum absolute atomic E-state index is 5.57. The zero-order valence-corrected chi connectivity index (χ0v) is 11.8. The topological polar surface area (TPSA) is 65.0 Å². The zero-order valence-electron chi connectivity index (χ0n) is 10.2. The Balaban J connectivity index is 1.59. The SMILES string of the molecule is Cc1cc(CSc2nnc(Cc3cccs3)o2)on1. The Morgan fingerprint density at radius 1 is 1.37 bits per heavy atom. The molecule has 0 aliphatic carbocycles. The van der Waals surface area contributed by atoms with Gasteiger partial charge in [0.1, 0.15) is 5.76 Å². The molecule has 3 aromatic heterocycles. The minimum absolute atomic E-state index is 0.556. The van der Waals surface area contributed by atoms with Crippen LogP contribution in [0.3, 0.4) is 0 Å². The van der Waals surface area contributed by atoms with Gasteiger partial charge in [-0.05, 0) is 18.4 Å². The number of hydrogen-bond donors (Lipinski definition) is 0. The molecule has 0 unspecified atom stereocenters. The van der Waals surface area contributed by atoms with Gasteiger partial charge in [0.2, 0.25) is 5.89 Å². The average Bonchev–Trinajstić information content (AvgIpc) is 3.10. The van der Waals surface area contributed by atoms with Crippen molar-refractivity contribution in [1.29, 1.82) is 0 Å². The van der Waals surface area contributed by atoms with Gasteiger partial charge in [0, 0.05) is 10.9 Å². The van der Waals surface area contributed by atoms with Gasteiger partial charge < -0.3 is 8.94 Å². The Labute approximate surface area is 118 Å². The lowest BCUT2D eigenvalue weighted by Gasteiger charge is -1.91. The fraction of sp³-hybridized carbons (Fsp3) is 0.250. The second-order valence-electron chi connectivity index (χ2n) is 3.94. The number of thioether (sulfide) groups is 1. The number of aryl methyl sites for hydroxylation is 1. The fourth-order valence-corrected chi connectivity index (χ4v) is 2.90. The minimum Gasteiger partial charge on any atom is -0.416 e. The quantitative estimate of drug-likeness (QED) is 0.672. The van der Waals surface area contributed by atoms with Gasteiger partial charge >= 0.3 is 0 Å². The molecule has 0 N–H and O–H groups in total. The molecule has 0 aromatic carbocycles. The van der Waals surface area contributed by atoms with Crippen molar-refractivity contribution < 1.29 is 8.94 Å². The average molecular weight is 293 g/mol. The predicted molar refractivity (Wildman–Crippen MR) is 72.2 cm³/mol. The number of hydrogen-bond acceptors (Lipinski definition) is 7. The maximum atomic E-state index is 5.57. The van der Waals surface area contributed by atoms with E-state index in [1.165, 1.54) is 16.6 Å². The van der Waals surface area contributed by atoms with Gasteiger partial charge in [-0.25, -0.2) is 0 Å². The number of thiophene rings is 1. The molecule has 7 heteroatoms. The summed E-state index contributed by atoms with van der Waals surface area (Å²) in [6, 6.07) is 5.97. The Morgan fingerprint density at radius 3 is 3.05 bits per heavy atom. The summed E-state index contributed by atoms with van der Waals surface area (Å²) in [7, 11) is 0. The standard InChI is InChI=1S/C12H11N3O2S2/c1-8-5-9(17-15-8)7-19-12-14-13-11(16-12)6-10-3-2-4-18-10/h2-5H,6-7H2,1H3. The molecular weight excluding hydrogens is 282 g/mol. The molecule has 0 saturated heterocycles. The molecule has 0 saturated carbocycles. The lowest BCUT2D eigenvalue weighted by molar-refractivity contribution is 0.389. The Kier molecular flexibility index (Phi) is 3.65. The highest BCUT2D eigenvalue weighted by Crippen LogP contribution is 2.23. The van der Waals surface area contributed by atoms with Crippen molar-refractivity contribution in [3.8, 4) is 0 Å². The first-order chi connectivity index (χ1) is 9.29. The van der Waals surface area contributed by atoms with Crippen LogP contribution < -0.4 is 0 Å². The first kappa shape index (κ1) is 12.4. The van der Waals surface area contributed by atoms with E-state index < -0.39 is 0 Å². The van der Waals surface area contributed by atoms with Gasteiger partial charge in [-0.2, -0.15) is 0 Å². The first-order valence-electron chi connectivity index (χ1n) is 5.69. The lowest BCUT2D eigenvalue weighted by Crippen LogP contribution is -1.83.